The van der Waals surface area contributed by atoms with Crippen molar-refractivity contribution in [2.45, 2.75) is 0 Å². The topological polar surface area (TPSA) is 38.0 Å². The third-order valence-corrected chi connectivity index (χ3v) is 9.36. The molecule has 0 aliphatic rings. The molecule has 7 aromatic carbocycles. The Morgan fingerprint density at radius 1 is 0.479 bits per heavy atom. The molecule has 4 heteroatoms. The van der Waals surface area contributed by atoms with Gasteiger partial charge < -0.3 is 9.13 Å². The van der Waals surface area contributed by atoms with Crippen molar-refractivity contribution in [2.24, 2.45) is 0 Å². The largest absolute Gasteiger partial charge is 0.309 e. The number of nitrogens with zero attached hydrogens (tertiary/aromatic N) is 4. The van der Waals surface area contributed by atoms with Gasteiger partial charge in [0.05, 0.1) is 39.9 Å². The van der Waals surface area contributed by atoms with Crippen LogP contribution in [0, 0.1) is 17.9 Å². The number of fused-ring (bicyclic) bond motifs is 6. The fourth-order valence-corrected chi connectivity index (χ4v) is 7.25. The fourth-order valence-electron chi connectivity index (χ4n) is 7.25. The molecule has 2 aromatic heterocycles. The number of benzene rings is 7. The summed E-state index contributed by atoms with van der Waals surface area (Å²) < 4.78 is 4.49. The number of para-hydroxylation sites is 3. The van der Waals surface area contributed by atoms with Crippen molar-refractivity contribution in [1.82, 2.24) is 9.13 Å². The molecular weight excluding hydrogens is 585 g/mol. The van der Waals surface area contributed by atoms with Crippen LogP contribution in [0.2, 0.25) is 0 Å². The van der Waals surface area contributed by atoms with Crippen molar-refractivity contribution in [3.63, 3.8) is 0 Å². The molecule has 0 unspecified atom stereocenters. The zero-order valence-corrected chi connectivity index (χ0v) is 25.8. The van der Waals surface area contributed by atoms with Crippen LogP contribution in [0.25, 0.3) is 82.1 Å². The van der Waals surface area contributed by atoms with E-state index in [1.807, 2.05) is 48.5 Å². The van der Waals surface area contributed by atoms with Crippen LogP contribution in [0.4, 0.5) is 5.69 Å². The van der Waals surface area contributed by atoms with E-state index in [0.29, 0.717) is 11.3 Å². The SMILES string of the molecule is [C-]#[N+]c1ccc2c(c1)c1ccccc1n2-c1cc(-c2ccccc2)cc(-c2cccc(-n3c4ccccc4c4ccccc43)c2)c1C#N. The highest BCUT2D eigenvalue weighted by Crippen LogP contribution is 2.41. The van der Waals surface area contributed by atoms with Gasteiger partial charge in [-0.3, -0.25) is 0 Å². The van der Waals surface area contributed by atoms with Crippen LogP contribution in [-0.4, -0.2) is 9.13 Å². The van der Waals surface area contributed by atoms with Gasteiger partial charge >= 0.3 is 0 Å². The van der Waals surface area contributed by atoms with Gasteiger partial charge in [-0.15, -0.1) is 0 Å². The standard InChI is InChI=1S/C44H26N4/c1-46-32-22-23-43-38(27-32)36-18-7-10-21-42(36)48(43)44-26-31(29-12-3-2-4-13-29)25-37(39(44)28-45)30-14-11-15-33(24-30)47-40-19-8-5-16-34(40)35-17-6-9-20-41(35)47/h2-27H. The summed E-state index contributed by atoms with van der Waals surface area (Å²) in [5.74, 6) is 0. The molecule has 0 saturated heterocycles. The third kappa shape index (κ3) is 4.14. The van der Waals surface area contributed by atoms with Gasteiger partial charge in [0.2, 0.25) is 0 Å². The maximum absolute atomic E-state index is 11.0. The average Bonchev–Trinajstić information content (AvgIpc) is 3.67. The molecule has 0 atom stereocenters. The Labute approximate surface area is 277 Å². The highest BCUT2D eigenvalue weighted by molar-refractivity contribution is 6.11. The Hall–Kier alpha value is -6.88. The van der Waals surface area contributed by atoms with Gasteiger partial charge in [-0.05, 0) is 76.7 Å². The van der Waals surface area contributed by atoms with Gasteiger partial charge in [-0.25, -0.2) is 4.85 Å². The van der Waals surface area contributed by atoms with Gasteiger partial charge in [-0.1, -0.05) is 103 Å². The van der Waals surface area contributed by atoms with Crippen LogP contribution in [0.3, 0.4) is 0 Å². The minimum Gasteiger partial charge on any atom is -0.309 e. The molecule has 0 fully saturated rings. The van der Waals surface area contributed by atoms with Gasteiger partial charge in [0.1, 0.15) is 6.07 Å². The number of hydrogen-bond acceptors (Lipinski definition) is 1. The summed E-state index contributed by atoms with van der Waals surface area (Å²) in [6.07, 6.45) is 0. The molecule has 222 valence electrons. The first kappa shape index (κ1) is 27.4. The zero-order chi connectivity index (χ0) is 32.2. The molecule has 4 nitrogen and oxygen atoms in total. The van der Waals surface area contributed by atoms with Crippen molar-refractivity contribution < 1.29 is 0 Å². The van der Waals surface area contributed by atoms with E-state index in [4.69, 9.17) is 6.57 Å². The fraction of sp³-hybridized carbons (Fsp3) is 0. The van der Waals surface area contributed by atoms with Crippen LogP contribution in [0.5, 0.6) is 0 Å². The molecule has 0 amide bonds. The maximum atomic E-state index is 11.0. The predicted molar refractivity (Wildman–Crippen MR) is 197 cm³/mol. The van der Waals surface area contributed by atoms with Crippen LogP contribution in [0.15, 0.2) is 158 Å². The van der Waals surface area contributed by atoms with Crippen LogP contribution in [0.1, 0.15) is 5.56 Å². The number of aromatic nitrogens is 2. The molecule has 9 aromatic rings. The van der Waals surface area contributed by atoms with Crippen molar-refractivity contribution >= 4 is 49.3 Å². The van der Waals surface area contributed by atoms with Gasteiger partial charge in [0, 0.05) is 27.4 Å². The van der Waals surface area contributed by atoms with Crippen molar-refractivity contribution in [3.05, 3.63) is 175 Å². The lowest BCUT2D eigenvalue weighted by atomic mass is 9.93. The summed E-state index contributed by atoms with van der Waals surface area (Å²) in [6, 6.07) is 56.8. The van der Waals surface area contributed by atoms with E-state index in [9.17, 15) is 5.26 Å². The molecule has 0 radical (unpaired) electrons. The van der Waals surface area contributed by atoms with Crippen molar-refractivity contribution in [2.75, 3.05) is 0 Å². The lowest BCUT2D eigenvalue weighted by molar-refractivity contribution is 1.17. The minimum atomic E-state index is 0.589. The van der Waals surface area contributed by atoms with Gasteiger partial charge in [0.15, 0.2) is 5.69 Å². The van der Waals surface area contributed by atoms with E-state index in [2.05, 4.69) is 129 Å². The van der Waals surface area contributed by atoms with E-state index in [0.717, 1.165) is 66.5 Å². The van der Waals surface area contributed by atoms with Gasteiger partial charge in [-0.2, -0.15) is 5.26 Å². The zero-order valence-electron chi connectivity index (χ0n) is 25.8. The summed E-state index contributed by atoms with van der Waals surface area (Å²) in [6.45, 7) is 7.64. The molecule has 0 aliphatic heterocycles. The van der Waals surface area contributed by atoms with E-state index in [-0.39, 0.29) is 0 Å². The van der Waals surface area contributed by atoms with Crippen LogP contribution >= 0.6 is 0 Å². The van der Waals surface area contributed by atoms with Crippen LogP contribution in [-0.2, 0) is 0 Å². The molecular formula is C44H26N4. The smallest absolute Gasteiger partial charge is 0.188 e. The van der Waals surface area contributed by atoms with Crippen molar-refractivity contribution in [1.29, 1.82) is 5.26 Å². The lowest BCUT2D eigenvalue weighted by Gasteiger charge is -2.17. The Morgan fingerprint density at radius 3 is 1.73 bits per heavy atom. The first-order valence-corrected chi connectivity index (χ1v) is 15.9. The van der Waals surface area contributed by atoms with Gasteiger partial charge in [0.25, 0.3) is 0 Å². The second-order valence-corrected chi connectivity index (χ2v) is 12.0. The quantitative estimate of drug-likeness (QED) is 0.183. The maximum Gasteiger partial charge on any atom is 0.188 e. The second-order valence-electron chi connectivity index (χ2n) is 12.0. The first-order chi connectivity index (χ1) is 23.7. The molecule has 0 bridgehead atoms. The molecule has 0 aliphatic carbocycles. The van der Waals surface area contributed by atoms with Crippen molar-refractivity contribution in [3.8, 4) is 39.7 Å². The Bertz CT molecular complexity index is 2750. The Kier molecular flexibility index (Phi) is 6.22. The van der Waals surface area contributed by atoms with Crippen LogP contribution < -0.4 is 0 Å². The van der Waals surface area contributed by atoms with E-state index < -0.39 is 0 Å². The van der Waals surface area contributed by atoms with E-state index in [1.165, 1.54) is 10.8 Å². The Morgan fingerprint density at radius 2 is 1.06 bits per heavy atom. The summed E-state index contributed by atoms with van der Waals surface area (Å²) in [5.41, 5.74) is 11.1. The number of hydrogen-bond donors (Lipinski definition) is 0. The second kappa shape index (κ2) is 10.9. The molecule has 2 heterocycles. The average molecular weight is 611 g/mol. The molecule has 0 saturated carbocycles. The summed E-state index contributed by atoms with van der Waals surface area (Å²) >= 11 is 0. The minimum absolute atomic E-state index is 0.589. The highest BCUT2D eigenvalue weighted by Gasteiger charge is 2.21. The summed E-state index contributed by atoms with van der Waals surface area (Å²) in [4.78, 5) is 3.70. The lowest BCUT2D eigenvalue weighted by Crippen LogP contribution is -2.01. The van der Waals surface area contributed by atoms with E-state index in [1.54, 1.807) is 0 Å². The predicted octanol–water partition coefficient (Wildman–Crippen LogP) is 11.6. The molecule has 0 N–H and O–H groups in total. The highest BCUT2D eigenvalue weighted by atomic mass is 15.0. The number of rotatable bonds is 4. The Balaban J connectivity index is 1.35. The number of nitriles is 1. The third-order valence-electron chi connectivity index (χ3n) is 9.36. The summed E-state index contributed by atoms with van der Waals surface area (Å²) in [7, 11) is 0. The summed E-state index contributed by atoms with van der Waals surface area (Å²) in [5, 5.41) is 15.4. The van der Waals surface area contributed by atoms with E-state index >= 15 is 0 Å². The molecule has 48 heavy (non-hydrogen) atoms. The molecule has 9 rings (SSSR count). The monoisotopic (exact) mass is 610 g/mol. The first-order valence-electron chi connectivity index (χ1n) is 15.9. The normalized spacial score (nSPS) is 11.3. The molecule has 0 spiro atoms.